The SMILES string of the molecule is O=C(Nc1cc(Cl)ccc1Cl)C1CCn2ccnc2C1. The normalized spacial score (nSPS) is 17.6. The number of aryl methyl sites for hydroxylation is 1. The van der Waals surface area contributed by atoms with Crippen molar-refractivity contribution in [3.63, 3.8) is 0 Å². The van der Waals surface area contributed by atoms with Crippen LogP contribution in [0.3, 0.4) is 0 Å². The third-order valence-corrected chi connectivity index (χ3v) is 4.07. The molecule has 1 aliphatic heterocycles. The first kappa shape index (κ1) is 13.5. The highest BCUT2D eigenvalue weighted by atomic mass is 35.5. The van der Waals surface area contributed by atoms with E-state index in [1.807, 2.05) is 6.20 Å². The molecular weight excluding hydrogens is 297 g/mol. The van der Waals surface area contributed by atoms with Crippen LogP contribution in [0.2, 0.25) is 10.0 Å². The number of nitrogens with zero attached hydrogens (tertiary/aromatic N) is 2. The summed E-state index contributed by atoms with van der Waals surface area (Å²) < 4.78 is 2.08. The molecule has 0 aliphatic carbocycles. The number of carbonyl (C=O) groups excluding carboxylic acids is 1. The van der Waals surface area contributed by atoms with E-state index < -0.39 is 0 Å². The quantitative estimate of drug-likeness (QED) is 0.924. The van der Waals surface area contributed by atoms with Crippen molar-refractivity contribution in [2.75, 3.05) is 5.32 Å². The number of nitrogens with one attached hydrogen (secondary N) is 1. The van der Waals surface area contributed by atoms with Crippen LogP contribution in [0.15, 0.2) is 30.6 Å². The van der Waals surface area contributed by atoms with Crippen molar-refractivity contribution in [2.24, 2.45) is 5.92 Å². The minimum atomic E-state index is -0.0834. The van der Waals surface area contributed by atoms with Crippen LogP contribution in [0.1, 0.15) is 12.2 Å². The Bertz CT molecular complexity index is 654. The van der Waals surface area contributed by atoms with E-state index in [2.05, 4.69) is 14.9 Å². The van der Waals surface area contributed by atoms with Crippen molar-refractivity contribution in [3.05, 3.63) is 46.5 Å². The van der Waals surface area contributed by atoms with E-state index in [0.717, 1.165) is 18.8 Å². The van der Waals surface area contributed by atoms with Gasteiger partial charge >= 0.3 is 0 Å². The monoisotopic (exact) mass is 309 g/mol. The maximum atomic E-state index is 12.3. The molecule has 0 radical (unpaired) electrons. The van der Waals surface area contributed by atoms with Crippen LogP contribution < -0.4 is 5.32 Å². The summed E-state index contributed by atoms with van der Waals surface area (Å²) >= 11 is 12.0. The first-order chi connectivity index (χ1) is 9.63. The lowest BCUT2D eigenvalue weighted by atomic mass is 9.97. The van der Waals surface area contributed by atoms with E-state index in [4.69, 9.17) is 23.2 Å². The summed E-state index contributed by atoms with van der Waals surface area (Å²) in [5.74, 6) is 0.831. The number of halogens is 2. The standard InChI is InChI=1S/C14H13Cl2N3O/c15-10-1-2-11(16)12(8-10)18-14(20)9-3-5-19-6-4-17-13(19)7-9/h1-2,4,6,8-9H,3,5,7H2,(H,18,20). The zero-order valence-corrected chi connectivity index (χ0v) is 12.2. The highest BCUT2D eigenvalue weighted by molar-refractivity contribution is 6.35. The van der Waals surface area contributed by atoms with Gasteiger partial charge in [0.05, 0.1) is 10.7 Å². The maximum absolute atomic E-state index is 12.3. The van der Waals surface area contributed by atoms with E-state index in [0.29, 0.717) is 22.2 Å². The van der Waals surface area contributed by atoms with Gasteiger partial charge in [0, 0.05) is 36.3 Å². The first-order valence-electron chi connectivity index (χ1n) is 6.39. The summed E-state index contributed by atoms with van der Waals surface area (Å²) in [7, 11) is 0. The Morgan fingerprint density at radius 3 is 3.10 bits per heavy atom. The molecule has 20 heavy (non-hydrogen) atoms. The number of anilines is 1. The number of imidazole rings is 1. The second-order valence-electron chi connectivity index (χ2n) is 4.84. The molecule has 1 aliphatic rings. The maximum Gasteiger partial charge on any atom is 0.228 e. The van der Waals surface area contributed by atoms with Crippen molar-refractivity contribution < 1.29 is 4.79 Å². The van der Waals surface area contributed by atoms with Crippen LogP contribution in [-0.4, -0.2) is 15.5 Å². The number of hydrogen-bond acceptors (Lipinski definition) is 2. The largest absolute Gasteiger partial charge is 0.335 e. The second kappa shape index (κ2) is 5.46. The van der Waals surface area contributed by atoms with Gasteiger partial charge in [0.15, 0.2) is 0 Å². The lowest BCUT2D eigenvalue weighted by Crippen LogP contribution is -2.30. The van der Waals surface area contributed by atoms with Gasteiger partial charge in [-0.15, -0.1) is 0 Å². The molecule has 4 nitrogen and oxygen atoms in total. The summed E-state index contributed by atoms with van der Waals surface area (Å²) in [5.41, 5.74) is 0.554. The van der Waals surface area contributed by atoms with E-state index in [1.54, 1.807) is 24.4 Å². The molecule has 1 N–H and O–H groups in total. The number of aromatic nitrogens is 2. The van der Waals surface area contributed by atoms with Gasteiger partial charge in [0.1, 0.15) is 5.82 Å². The molecule has 0 fully saturated rings. The predicted molar refractivity (Wildman–Crippen MR) is 79.1 cm³/mol. The lowest BCUT2D eigenvalue weighted by Gasteiger charge is -2.22. The Morgan fingerprint density at radius 1 is 1.40 bits per heavy atom. The van der Waals surface area contributed by atoms with Gasteiger partial charge in [-0.2, -0.15) is 0 Å². The average Bonchev–Trinajstić information content (AvgIpc) is 2.90. The highest BCUT2D eigenvalue weighted by Crippen LogP contribution is 2.27. The predicted octanol–water partition coefficient (Wildman–Crippen LogP) is 3.39. The Balaban J connectivity index is 1.73. The number of rotatable bonds is 2. The molecule has 0 saturated heterocycles. The molecule has 0 saturated carbocycles. The molecule has 104 valence electrons. The highest BCUT2D eigenvalue weighted by Gasteiger charge is 2.25. The molecular formula is C14H13Cl2N3O. The van der Waals surface area contributed by atoms with E-state index in [1.165, 1.54) is 0 Å². The van der Waals surface area contributed by atoms with Crippen LogP contribution in [0, 0.1) is 5.92 Å². The topological polar surface area (TPSA) is 46.9 Å². The van der Waals surface area contributed by atoms with Gasteiger partial charge in [-0.1, -0.05) is 23.2 Å². The second-order valence-corrected chi connectivity index (χ2v) is 5.68. The van der Waals surface area contributed by atoms with Crippen molar-refractivity contribution in [1.29, 1.82) is 0 Å². The summed E-state index contributed by atoms with van der Waals surface area (Å²) in [6.07, 6.45) is 5.16. The van der Waals surface area contributed by atoms with E-state index >= 15 is 0 Å². The molecule has 6 heteroatoms. The molecule has 1 amide bonds. The summed E-state index contributed by atoms with van der Waals surface area (Å²) in [4.78, 5) is 16.6. The number of carbonyl (C=O) groups is 1. The van der Waals surface area contributed by atoms with Gasteiger partial charge in [0.25, 0.3) is 0 Å². The third kappa shape index (κ3) is 2.67. The van der Waals surface area contributed by atoms with Crippen molar-refractivity contribution in [1.82, 2.24) is 9.55 Å². The van der Waals surface area contributed by atoms with Gasteiger partial charge < -0.3 is 9.88 Å². The Morgan fingerprint density at radius 2 is 2.25 bits per heavy atom. The summed E-state index contributed by atoms with van der Waals surface area (Å²) in [6, 6.07) is 5.02. The molecule has 1 aromatic carbocycles. The number of hydrogen-bond donors (Lipinski definition) is 1. The molecule has 0 bridgehead atoms. The number of benzene rings is 1. The Kier molecular flexibility index (Phi) is 3.68. The summed E-state index contributed by atoms with van der Waals surface area (Å²) in [5, 5.41) is 3.88. The van der Waals surface area contributed by atoms with Crippen molar-refractivity contribution >= 4 is 34.8 Å². The van der Waals surface area contributed by atoms with Crippen molar-refractivity contribution in [3.8, 4) is 0 Å². The average molecular weight is 310 g/mol. The molecule has 3 rings (SSSR count). The zero-order valence-electron chi connectivity index (χ0n) is 10.6. The number of amides is 1. The molecule has 0 spiro atoms. The van der Waals surface area contributed by atoms with Gasteiger partial charge in [-0.3, -0.25) is 4.79 Å². The summed E-state index contributed by atoms with van der Waals surface area (Å²) in [6.45, 7) is 0.816. The van der Waals surface area contributed by atoms with E-state index in [-0.39, 0.29) is 11.8 Å². The van der Waals surface area contributed by atoms with Crippen LogP contribution in [-0.2, 0) is 17.8 Å². The number of fused-ring (bicyclic) bond motifs is 1. The fourth-order valence-electron chi connectivity index (χ4n) is 2.40. The smallest absolute Gasteiger partial charge is 0.228 e. The molecule has 1 aromatic heterocycles. The van der Waals surface area contributed by atoms with Crippen LogP contribution in [0.4, 0.5) is 5.69 Å². The fraction of sp³-hybridized carbons (Fsp3) is 0.286. The molecule has 1 unspecified atom stereocenters. The van der Waals surface area contributed by atoms with Gasteiger partial charge in [-0.25, -0.2) is 4.98 Å². The first-order valence-corrected chi connectivity index (χ1v) is 7.15. The Hall–Kier alpha value is -1.52. The van der Waals surface area contributed by atoms with Crippen LogP contribution in [0.25, 0.3) is 0 Å². The van der Waals surface area contributed by atoms with Gasteiger partial charge in [-0.05, 0) is 24.6 Å². The zero-order chi connectivity index (χ0) is 14.1. The van der Waals surface area contributed by atoms with E-state index in [9.17, 15) is 4.79 Å². The molecule has 2 heterocycles. The molecule has 2 aromatic rings. The Labute approximate surface area is 126 Å². The molecule has 1 atom stereocenters. The third-order valence-electron chi connectivity index (χ3n) is 3.51. The van der Waals surface area contributed by atoms with Gasteiger partial charge in [0.2, 0.25) is 5.91 Å². The fourth-order valence-corrected chi connectivity index (χ4v) is 2.74. The minimum Gasteiger partial charge on any atom is -0.335 e. The van der Waals surface area contributed by atoms with Crippen molar-refractivity contribution in [2.45, 2.75) is 19.4 Å². The lowest BCUT2D eigenvalue weighted by molar-refractivity contribution is -0.120. The minimum absolute atomic E-state index is 0.0385. The van der Waals surface area contributed by atoms with Crippen LogP contribution in [0.5, 0.6) is 0 Å². The van der Waals surface area contributed by atoms with Crippen LogP contribution >= 0.6 is 23.2 Å².